The normalized spacial score (nSPS) is 18.4. The molecule has 1 saturated heterocycles. The summed E-state index contributed by atoms with van der Waals surface area (Å²) in [7, 11) is 1.99. The standard InChI is InChI=1S/C14H21N7/c1-8-9(2)19-20-13(8)11-6-12(18-14(15)17-11)21-5-4-10(7-21)16-3/h6,10,16H,4-5,7H2,1-3H3,(H,19,20)(H2,15,17,18). The van der Waals surface area contributed by atoms with Crippen LogP contribution in [0.3, 0.4) is 0 Å². The van der Waals surface area contributed by atoms with Crippen LogP contribution >= 0.6 is 0 Å². The van der Waals surface area contributed by atoms with Crippen molar-refractivity contribution in [1.82, 2.24) is 25.5 Å². The molecule has 0 bridgehead atoms. The summed E-state index contributed by atoms with van der Waals surface area (Å²) in [6.45, 7) is 5.93. The fourth-order valence-corrected chi connectivity index (χ4v) is 2.67. The number of nitrogens with two attached hydrogens (primary N) is 1. The third-order valence-corrected chi connectivity index (χ3v) is 4.15. The first-order valence-corrected chi connectivity index (χ1v) is 7.17. The SMILES string of the molecule is CNC1CCN(c2cc(-c3n[nH]c(C)c3C)nc(N)n2)C1. The molecule has 112 valence electrons. The van der Waals surface area contributed by atoms with E-state index in [0.29, 0.717) is 6.04 Å². The summed E-state index contributed by atoms with van der Waals surface area (Å²) in [5.74, 6) is 1.16. The predicted molar refractivity (Wildman–Crippen MR) is 83.2 cm³/mol. The summed E-state index contributed by atoms with van der Waals surface area (Å²) in [6.07, 6.45) is 1.11. The Morgan fingerprint density at radius 1 is 1.38 bits per heavy atom. The molecular weight excluding hydrogens is 266 g/mol. The van der Waals surface area contributed by atoms with Gasteiger partial charge in [0.15, 0.2) is 0 Å². The summed E-state index contributed by atoms with van der Waals surface area (Å²) < 4.78 is 0. The van der Waals surface area contributed by atoms with Gasteiger partial charge in [0.2, 0.25) is 5.95 Å². The quantitative estimate of drug-likeness (QED) is 0.775. The molecule has 1 unspecified atom stereocenters. The number of likely N-dealkylation sites (N-methyl/N-ethyl adjacent to an activating group) is 1. The van der Waals surface area contributed by atoms with Crippen LogP contribution in [0, 0.1) is 13.8 Å². The van der Waals surface area contributed by atoms with E-state index in [1.807, 2.05) is 27.0 Å². The molecule has 7 heteroatoms. The van der Waals surface area contributed by atoms with E-state index in [0.717, 1.165) is 48.0 Å². The number of rotatable bonds is 3. The topological polar surface area (TPSA) is 95.8 Å². The van der Waals surface area contributed by atoms with Gasteiger partial charge in [-0.25, -0.2) is 4.98 Å². The van der Waals surface area contributed by atoms with Crippen LogP contribution in [0.2, 0.25) is 0 Å². The van der Waals surface area contributed by atoms with Crippen molar-refractivity contribution in [1.29, 1.82) is 0 Å². The van der Waals surface area contributed by atoms with Crippen LogP contribution in [0.5, 0.6) is 0 Å². The molecule has 1 atom stereocenters. The Balaban J connectivity index is 1.95. The largest absolute Gasteiger partial charge is 0.368 e. The highest BCUT2D eigenvalue weighted by Crippen LogP contribution is 2.26. The molecule has 2 aromatic heterocycles. The minimum Gasteiger partial charge on any atom is -0.368 e. The lowest BCUT2D eigenvalue weighted by atomic mass is 10.1. The fourth-order valence-electron chi connectivity index (χ4n) is 2.67. The predicted octanol–water partition coefficient (Wildman–Crippen LogP) is 0.864. The van der Waals surface area contributed by atoms with E-state index in [-0.39, 0.29) is 5.95 Å². The van der Waals surface area contributed by atoms with E-state index < -0.39 is 0 Å². The van der Waals surface area contributed by atoms with Gasteiger partial charge in [-0.2, -0.15) is 10.1 Å². The molecular formula is C14H21N7. The average Bonchev–Trinajstić information content (AvgIpc) is 3.06. The summed E-state index contributed by atoms with van der Waals surface area (Å²) in [4.78, 5) is 10.9. The van der Waals surface area contributed by atoms with Crippen molar-refractivity contribution in [3.63, 3.8) is 0 Å². The number of aryl methyl sites for hydroxylation is 1. The second kappa shape index (κ2) is 5.33. The van der Waals surface area contributed by atoms with Crippen molar-refractivity contribution < 1.29 is 0 Å². The molecule has 0 radical (unpaired) electrons. The number of nitrogen functional groups attached to an aromatic ring is 1. The molecule has 0 aromatic carbocycles. The molecule has 1 aliphatic rings. The molecule has 3 rings (SSSR count). The Hall–Kier alpha value is -2.15. The van der Waals surface area contributed by atoms with E-state index in [9.17, 15) is 0 Å². The van der Waals surface area contributed by atoms with Crippen LogP contribution in [-0.2, 0) is 0 Å². The molecule has 1 fully saturated rings. The van der Waals surface area contributed by atoms with E-state index in [4.69, 9.17) is 5.73 Å². The Morgan fingerprint density at radius 2 is 2.19 bits per heavy atom. The van der Waals surface area contributed by atoms with Crippen LogP contribution in [-0.4, -0.2) is 46.3 Å². The van der Waals surface area contributed by atoms with Gasteiger partial charge in [0.05, 0.1) is 5.69 Å². The summed E-state index contributed by atoms with van der Waals surface area (Å²) in [5, 5.41) is 10.6. The van der Waals surface area contributed by atoms with E-state index in [2.05, 4.69) is 30.4 Å². The lowest BCUT2D eigenvalue weighted by Crippen LogP contribution is -2.30. The maximum Gasteiger partial charge on any atom is 0.222 e. The van der Waals surface area contributed by atoms with Crippen LogP contribution in [0.25, 0.3) is 11.4 Å². The van der Waals surface area contributed by atoms with Crippen molar-refractivity contribution >= 4 is 11.8 Å². The van der Waals surface area contributed by atoms with Gasteiger partial charge in [-0.05, 0) is 32.9 Å². The molecule has 3 heterocycles. The molecule has 7 nitrogen and oxygen atoms in total. The van der Waals surface area contributed by atoms with Crippen molar-refractivity contribution in [2.75, 3.05) is 30.8 Å². The zero-order chi connectivity index (χ0) is 15.0. The second-order valence-electron chi connectivity index (χ2n) is 5.51. The summed E-state index contributed by atoms with van der Waals surface area (Å²) in [6, 6.07) is 2.47. The monoisotopic (exact) mass is 287 g/mol. The van der Waals surface area contributed by atoms with Gasteiger partial charge in [0.25, 0.3) is 0 Å². The molecule has 0 amide bonds. The maximum absolute atomic E-state index is 5.89. The Kier molecular flexibility index (Phi) is 3.50. The van der Waals surface area contributed by atoms with Crippen molar-refractivity contribution in [2.45, 2.75) is 26.3 Å². The first kappa shape index (κ1) is 13.8. The minimum absolute atomic E-state index is 0.287. The fraction of sp³-hybridized carbons (Fsp3) is 0.500. The summed E-state index contributed by atoms with van der Waals surface area (Å²) >= 11 is 0. The number of nitrogens with zero attached hydrogens (tertiary/aromatic N) is 4. The molecule has 2 aromatic rings. The van der Waals surface area contributed by atoms with Gasteiger partial charge in [0.1, 0.15) is 11.5 Å². The van der Waals surface area contributed by atoms with Crippen molar-refractivity contribution in [3.05, 3.63) is 17.3 Å². The van der Waals surface area contributed by atoms with Crippen LogP contribution < -0.4 is 16.0 Å². The van der Waals surface area contributed by atoms with Crippen LogP contribution in [0.4, 0.5) is 11.8 Å². The summed E-state index contributed by atoms with van der Waals surface area (Å²) in [5.41, 5.74) is 9.63. The first-order chi connectivity index (χ1) is 10.1. The number of hydrogen-bond donors (Lipinski definition) is 3. The number of nitrogens with one attached hydrogen (secondary N) is 2. The highest BCUT2D eigenvalue weighted by molar-refractivity contribution is 5.64. The van der Waals surface area contributed by atoms with Crippen molar-refractivity contribution in [2.24, 2.45) is 0 Å². The lowest BCUT2D eigenvalue weighted by molar-refractivity contribution is 0.616. The van der Waals surface area contributed by atoms with Gasteiger partial charge in [-0.15, -0.1) is 0 Å². The second-order valence-corrected chi connectivity index (χ2v) is 5.51. The van der Waals surface area contributed by atoms with Crippen molar-refractivity contribution in [3.8, 4) is 11.4 Å². The van der Waals surface area contributed by atoms with E-state index >= 15 is 0 Å². The highest BCUT2D eigenvalue weighted by Gasteiger charge is 2.23. The van der Waals surface area contributed by atoms with Crippen LogP contribution in [0.1, 0.15) is 17.7 Å². The van der Waals surface area contributed by atoms with Gasteiger partial charge < -0.3 is 16.0 Å². The Labute approximate surface area is 124 Å². The first-order valence-electron chi connectivity index (χ1n) is 7.17. The lowest BCUT2D eigenvalue weighted by Gasteiger charge is -2.18. The number of aromatic amines is 1. The van der Waals surface area contributed by atoms with Gasteiger partial charge in [-0.1, -0.05) is 0 Å². The molecule has 4 N–H and O–H groups in total. The molecule has 0 spiro atoms. The molecule has 0 aliphatic carbocycles. The zero-order valence-electron chi connectivity index (χ0n) is 12.6. The number of hydrogen-bond acceptors (Lipinski definition) is 6. The third kappa shape index (κ3) is 2.56. The minimum atomic E-state index is 0.287. The number of H-pyrrole nitrogens is 1. The van der Waals surface area contributed by atoms with Gasteiger partial charge in [0, 0.05) is 30.9 Å². The third-order valence-electron chi connectivity index (χ3n) is 4.15. The molecule has 0 saturated carbocycles. The zero-order valence-corrected chi connectivity index (χ0v) is 12.6. The van der Waals surface area contributed by atoms with E-state index in [1.165, 1.54) is 0 Å². The highest BCUT2D eigenvalue weighted by atomic mass is 15.2. The van der Waals surface area contributed by atoms with Gasteiger partial charge >= 0.3 is 0 Å². The number of aromatic nitrogens is 4. The Bertz CT molecular complexity index is 649. The van der Waals surface area contributed by atoms with Crippen LogP contribution in [0.15, 0.2) is 6.07 Å². The van der Waals surface area contributed by atoms with E-state index in [1.54, 1.807) is 0 Å². The average molecular weight is 287 g/mol. The smallest absolute Gasteiger partial charge is 0.222 e. The van der Waals surface area contributed by atoms with Gasteiger partial charge in [-0.3, -0.25) is 5.10 Å². The maximum atomic E-state index is 5.89. The Morgan fingerprint density at radius 3 is 2.81 bits per heavy atom. The molecule has 21 heavy (non-hydrogen) atoms. The number of anilines is 2. The molecule has 1 aliphatic heterocycles.